The standard InChI is InChI=1S/C27H26ClN5O2/c1-17-3-2-4-19-6-8-23(31-25(17)19)33-13-10-20(11-14-33)27(35)30-16-18-5-7-22(28)21(15-18)26-29-12-9-24(34)32-26/h2-9,12,15,20H,10-11,13-14,16H2,1H3,(H,30,35)(H,29,32,34). The van der Waals surface area contributed by atoms with Crippen LogP contribution in [-0.2, 0) is 11.3 Å². The van der Waals surface area contributed by atoms with Crippen LogP contribution < -0.4 is 15.8 Å². The average molecular weight is 488 g/mol. The van der Waals surface area contributed by atoms with E-state index in [2.05, 4.69) is 51.4 Å². The van der Waals surface area contributed by atoms with Crippen molar-refractivity contribution >= 4 is 34.2 Å². The van der Waals surface area contributed by atoms with Crippen LogP contribution >= 0.6 is 11.6 Å². The normalized spacial score (nSPS) is 14.3. The van der Waals surface area contributed by atoms with Gasteiger partial charge in [-0.25, -0.2) is 9.97 Å². The lowest BCUT2D eigenvalue weighted by Crippen LogP contribution is -2.40. The number of benzene rings is 2. The Labute approximate surface area is 208 Å². The number of amides is 1. The zero-order valence-corrected chi connectivity index (χ0v) is 20.2. The zero-order valence-electron chi connectivity index (χ0n) is 19.4. The average Bonchev–Trinajstić information content (AvgIpc) is 2.88. The maximum absolute atomic E-state index is 12.9. The van der Waals surface area contributed by atoms with Gasteiger partial charge in [0.05, 0.1) is 10.5 Å². The Balaban J connectivity index is 1.20. The summed E-state index contributed by atoms with van der Waals surface area (Å²) in [4.78, 5) is 38.5. The minimum atomic E-state index is -0.245. The number of halogens is 1. The van der Waals surface area contributed by atoms with Crippen molar-refractivity contribution in [2.45, 2.75) is 26.3 Å². The summed E-state index contributed by atoms with van der Waals surface area (Å²) in [5.41, 5.74) is 3.46. The summed E-state index contributed by atoms with van der Waals surface area (Å²) in [6, 6.07) is 17.2. The van der Waals surface area contributed by atoms with Gasteiger partial charge >= 0.3 is 0 Å². The largest absolute Gasteiger partial charge is 0.357 e. The summed E-state index contributed by atoms with van der Waals surface area (Å²) >= 11 is 6.31. The first-order valence-electron chi connectivity index (χ1n) is 11.7. The predicted octanol–water partition coefficient (Wildman–Crippen LogP) is 4.48. The number of aromatic amines is 1. The Morgan fingerprint density at radius 2 is 1.97 bits per heavy atom. The lowest BCUT2D eigenvalue weighted by molar-refractivity contribution is -0.125. The zero-order chi connectivity index (χ0) is 24.4. The topological polar surface area (TPSA) is 91.0 Å². The fourth-order valence-corrected chi connectivity index (χ4v) is 4.74. The molecule has 2 N–H and O–H groups in total. The molecule has 1 aliphatic heterocycles. The minimum Gasteiger partial charge on any atom is -0.357 e. The van der Waals surface area contributed by atoms with Gasteiger partial charge < -0.3 is 15.2 Å². The Morgan fingerprint density at radius 3 is 2.77 bits per heavy atom. The summed E-state index contributed by atoms with van der Waals surface area (Å²) in [7, 11) is 0. The number of piperidine rings is 1. The van der Waals surface area contributed by atoms with Crippen molar-refractivity contribution in [2.75, 3.05) is 18.0 Å². The molecule has 2 aromatic carbocycles. The number of carbonyl (C=O) groups excluding carboxylic acids is 1. The molecule has 3 heterocycles. The van der Waals surface area contributed by atoms with E-state index in [1.54, 1.807) is 6.07 Å². The lowest BCUT2D eigenvalue weighted by atomic mass is 9.95. The highest BCUT2D eigenvalue weighted by Crippen LogP contribution is 2.27. The van der Waals surface area contributed by atoms with Crippen LogP contribution in [0, 0.1) is 12.8 Å². The molecule has 1 saturated heterocycles. The molecular formula is C27H26ClN5O2. The molecule has 0 bridgehead atoms. The number of carbonyl (C=O) groups is 1. The van der Waals surface area contributed by atoms with Gasteiger partial charge in [0, 0.05) is 48.8 Å². The number of pyridine rings is 1. The second kappa shape index (κ2) is 9.88. The number of hydrogen-bond acceptors (Lipinski definition) is 5. The molecule has 0 radical (unpaired) electrons. The molecule has 2 aromatic heterocycles. The summed E-state index contributed by atoms with van der Waals surface area (Å²) in [5, 5.41) is 4.68. The number of H-pyrrole nitrogens is 1. The highest BCUT2D eigenvalue weighted by atomic mass is 35.5. The van der Waals surface area contributed by atoms with E-state index in [1.807, 2.05) is 18.2 Å². The van der Waals surface area contributed by atoms with Crippen molar-refractivity contribution in [3.63, 3.8) is 0 Å². The molecule has 0 atom stereocenters. The first-order valence-corrected chi connectivity index (χ1v) is 12.1. The maximum Gasteiger partial charge on any atom is 0.251 e. The van der Waals surface area contributed by atoms with Crippen LogP contribution in [0.15, 0.2) is 65.6 Å². The molecule has 35 heavy (non-hydrogen) atoms. The molecule has 0 aliphatic carbocycles. The van der Waals surface area contributed by atoms with Crippen molar-refractivity contribution in [3.05, 3.63) is 87.3 Å². The van der Waals surface area contributed by atoms with E-state index in [0.29, 0.717) is 23.0 Å². The van der Waals surface area contributed by atoms with Gasteiger partial charge in [-0.3, -0.25) is 9.59 Å². The highest BCUT2D eigenvalue weighted by molar-refractivity contribution is 6.33. The summed E-state index contributed by atoms with van der Waals surface area (Å²) < 4.78 is 0. The Kier molecular flexibility index (Phi) is 6.51. The van der Waals surface area contributed by atoms with E-state index < -0.39 is 0 Å². The second-order valence-corrected chi connectivity index (χ2v) is 9.30. The molecule has 1 amide bonds. The maximum atomic E-state index is 12.9. The summed E-state index contributed by atoms with van der Waals surface area (Å²) in [5.74, 6) is 1.38. The SMILES string of the molecule is Cc1cccc2ccc(N3CCC(C(=O)NCc4ccc(Cl)c(-c5nccc(=O)[nH]5)c4)CC3)nc12. The van der Waals surface area contributed by atoms with E-state index in [9.17, 15) is 9.59 Å². The minimum absolute atomic E-state index is 0.0349. The molecule has 1 aliphatic rings. The molecular weight excluding hydrogens is 462 g/mol. The number of nitrogens with zero attached hydrogens (tertiary/aromatic N) is 3. The van der Waals surface area contributed by atoms with E-state index in [4.69, 9.17) is 16.6 Å². The van der Waals surface area contributed by atoms with Gasteiger partial charge in [0.1, 0.15) is 11.6 Å². The van der Waals surface area contributed by atoms with Crippen molar-refractivity contribution < 1.29 is 4.79 Å². The highest BCUT2D eigenvalue weighted by Gasteiger charge is 2.25. The molecule has 1 fully saturated rings. The van der Waals surface area contributed by atoms with Crippen LogP contribution in [-0.4, -0.2) is 33.9 Å². The van der Waals surface area contributed by atoms with Gasteiger partial charge in [-0.15, -0.1) is 0 Å². The number of nitrogens with one attached hydrogen (secondary N) is 2. The van der Waals surface area contributed by atoms with Gasteiger partial charge in [-0.2, -0.15) is 0 Å². The number of aryl methyl sites for hydroxylation is 1. The van der Waals surface area contributed by atoms with Gasteiger partial charge in [-0.1, -0.05) is 35.9 Å². The molecule has 0 spiro atoms. The third-order valence-electron chi connectivity index (χ3n) is 6.52. The Hall–Kier alpha value is -3.71. The van der Waals surface area contributed by atoms with Crippen LogP contribution in [0.4, 0.5) is 5.82 Å². The first kappa shape index (κ1) is 23.1. The Morgan fingerprint density at radius 1 is 1.14 bits per heavy atom. The summed E-state index contributed by atoms with van der Waals surface area (Å²) in [6.07, 6.45) is 3.00. The Bertz CT molecular complexity index is 1440. The predicted molar refractivity (Wildman–Crippen MR) is 139 cm³/mol. The number of fused-ring (bicyclic) bond motifs is 1. The quantitative estimate of drug-likeness (QED) is 0.433. The van der Waals surface area contributed by atoms with Crippen molar-refractivity contribution in [1.82, 2.24) is 20.3 Å². The van der Waals surface area contributed by atoms with Crippen LogP contribution in [0.1, 0.15) is 24.0 Å². The van der Waals surface area contributed by atoms with Crippen molar-refractivity contribution in [3.8, 4) is 11.4 Å². The molecule has 0 unspecified atom stereocenters. The van der Waals surface area contributed by atoms with Crippen LogP contribution in [0.2, 0.25) is 5.02 Å². The monoisotopic (exact) mass is 487 g/mol. The second-order valence-electron chi connectivity index (χ2n) is 8.89. The van der Waals surface area contributed by atoms with Gasteiger partial charge in [0.2, 0.25) is 5.91 Å². The molecule has 8 heteroatoms. The molecule has 5 rings (SSSR count). The van der Waals surface area contributed by atoms with Crippen molar-refractivity contribution in [2.24, 2.45) is 5.92 Å². The number of aromatic nitrogens is 3. The number of anilines is 1. The van der Waals surface area contributed by atoms with E-state index >= 15 is 0 Å². The third kappa shape index (κ3) is 5.05. The number of para-hydroxylation sites is 1. The number of rotatable bonds is 5. The molecule has 4 aromatic rings. The summed E-state index contributed by atoms with van der Waals surface area (Å²) in [6.45, 7) is 4.04. The van der Waals surface area contributed by atoms with Gasteiger partial charge in [-0.05, 0) is 55.2 Å². The van der Waals surface area contributed by atoms with E-state index in [-0.39, 0.29) is 17.4 Å². The third-order valence-corrected chi connectivity index (χ3v) is 6.85. The van der Waals surface area contributed by atoms with Crippen LogP contribution in [0.3, 0.4) is 0 Å². The van der Waals surface area contributed by atoms with E-state index in [0.717, 1.165) is 48.2 Å². The first-order chi connectivity index (χ1) is 17.0. The lowest BCUT2D eigenvalue weighted by Gasteiger charge is -2.32. The fourth-order valence-electron chi connectivity index (χ4n) is 4.54. The number of hydrogen-bond donors (Lipinski definition) is 2. The molecule has 178 valence electrons. The van der Waals surface area contributed by atoms with Gasteiger partial charge in [0.25, 0.3) is 5.56 Å². The fraction of sp³-hybridized carbons (Fsp3) is 0.259. The van der Waals surface area contributed by atoms with Gasteiger partial charge in [0.15, 0.2) is 0 Å². The van der Waals surface area contributed by atoms with Crippen LogP contribution in [0.5, 0.6) is 0 Å². The van der Waals surface area contributed by atoms with E-state index in [1.165, 1.54) is 17.8 Å². The molecule has 0 saturated carbocycles. The smallest absolute Gasteiger partial charge is 0.251 e. The molecule has 7 nitrogen and oxygen atoms in total. The van der Waals surface area contributed by atoms with Crippen LogP contribution in [0.25, 0.3) is 22.3 Å². The van der Waals surface area contributed by atoms with Crippen molar-refractivity contribution in [1.29, 1.82) is 0 Å².